The second kappa shape index (κ2) is 5.52. The van der Waals surface area contributed by atoms with Crippen LogP contribution in [-0.4, -0.2) is 29.7 Å². The summed E-state index contributed by atoms with van der Waals surface area (Å²) in [5, 5.41) is 18.9. The quantitative estimate of drug-likeness (QED) is 0.886. The van der Waals surface area contributed by atoms with Crippen molar-refractivity contribution in [2.75, 3.05) is 0 Å². The maximum Gasteiger partial charge on any atom is 0.138 e. The van der Waals surface area contributed by atoms with Crippen LogP contribution in [0.3, 0.4) is 0 Å². The van der Waals surface area contributed by atoms with Gasteiger partial charge in [-0.25, -0.2) is 9.67 Å². The maximum atomic E-state index is 10.3. The molecule has 0 bridgehead atoms. The standard InChI is InChI=1S/C13H21N5O/c1-5-10-6-11(17(4)16-10)12(19)7-13-14-8-15-18(13)9(2)3/h6,8-9,12,19H,5,7H2,1-4H3. The number of rotatable bonds is 5. The molecule has 19 heavy (non-hydrogen) atoms. The molecule has 2 aromatic heterocycles. The molecule has 6 nitrogen and oxygen atoms in total. The first kappa shape index (κ1) is 13.7. The van der Waals surface area contributed by atoms with Gasteiger partial charge in [0, 0.05) is 19.5 Å². The molecule has 0 aliphatic rings. The molecule has 0 aromatic carbocycles. The van der Waals surface area contributed by atoms with Crippen LogP contribution in [0.25, 0.3) is 0 Å². The SMILES string of the molecule is CCc1cc(C(O)Cc2ncnn2C(C)C)n(C)n1. The number of aliphatic hydroxyl groups excluding tert-OH is 1. The first-order valence-electron chi connectivity index (χ1n) is 6.62. The Hall–Kier alpha value is -1.69. The van der Waals surface area contributed by atoms with Crippen LogP contribution in [0.2, 0.25) is 0 Å². The van der Waals surface area contributed by atoms with E-state index in [4.69, 9.17) is 0 Å². The summed E-state index contributed by atoms with van der Waals surface area (Å²) in [6.45, 7) is 6.14. The lowest BCUT2D eigenvalue weighted by molar-refractivity contribution is 0.163. The number of aromatic nitrogens is 5. The summed E-state index contributed by atoms with van der Waals surface area (Å²) in [6, 6.07) is 2.18. The van der Waals surface area contributed by atoms with Gasteiger partial charge in [-0.1, -0.05) is 6.92 Å². The molecule has 0 fully saturated rings. The molecule has 2 rings (SSSR count). The van der Waals surface area contributed by atoms with Crippen molar-refractivity contribution in [3.05, 3.63) is 29.6 Å². The van der Waals surface area contributed by atoms with Gasteiger partial charge in [-0.15, -0.1) is 0 Å². The van der Waals surface area contributed by atoms with E-state index in [-0.39, 0.29) is 6.04 Å². The Labute approximate surface area is 113 Å². The van der Waals surface area contributed by atoms with Crippen molar-refractivity contribution in [3.63, 3.8) is 0 Å². The Kier molecular flexibility index (Phi) is 3.99. The molecule has 1 atom stereocenters. The third kappa shape index (κ3) is 2.84. The minimum Gasteiger partial charge on any atom is -0.386 e. The van der Waals surface area contributed by atoms with Crippen molar-refractivity contribution in [3.8, 4) is 0 Å². The van der Waals surface area contributed by atoms with Crippen LogP contribution in [-0.2, 0) is 19.9 Å². The second-order valence-electron chi connectivity index (χ2n) is 4.97. The Morgan fingerprint density at radius 2 is 2.11 bits per heavy atom. The average molecular weight is 263 g/mol. The fourth-order valence-corrected chi connectivity index (χ4v) is 2.16. The molecule has 0 aliphatic heterocycles. The van der Waals surface area contributed by atoms with Gasteiger partial charge in [0.15, 0.2) is 0 Å². The third-order valence-electron chi connectivity index (χ3n) is 3.18. The van der Waals surface area contributed by atoms with E-state index in [0.717, 1.165) is 23.6 Å². The summed E-state index contributed by atoms with van der Waals surface area (Å²) < 4.78 is 3.57. The summed E-state index contributed by atoms with van der Waals surface area (Å²) >= 11 is 0. The number of aliphatic hydroxyl groups is 1. The highest BCUT2D eigenvalue weighted by molar-refractivity contribution is 5.14. The summed E-state index contributed by atoms with van der Waals surface area (Å²) in [6.07, 6.45) is 2.23. The van der Waals surface area contributed by atoms with E-state index in [1.54, 1.807) is 4.68 Å². The van der Waals surface area contributed by atoms with Gasteiger partial charge in [-0.05, 0) is 26.3 Å². The van der Waals surface area contributed by atoms with Crippen molar-refractivity contribution < 1.29 is 5.11 Å². The lowest BCUT2D eigenvalue weighted by Crippen LogP contribution is -2.14. The molecule has 6 heteroatoms. The third-order valence-corrected chi connectivity index (χ3v) is 3.18. The van der Waals surface area contributed by atoms with Crippen LogP contribution in [0.15, 0.2) is 12.4 Å². The van der Waals surface area contributed by atoms with Gasteiger partial charge in [0.1, 0.15) is 18.3 Å². The minimum absolute atomic E-state index is 0.238. The van der Waals surface area contributed by atoms with Crippen molar-refractivity contribution in [2.24, 2.45) is 7.05 Å². The molecule has 0 aliphatic carbocycles. The Morgan fingerprint density at radius 3 is 2.68 bits per heavy atom. The predicted octanol–water partition coefficient (Wildman–Crippen LogP) is 1.43. The first-order valence-corrected chi connectivity index (χ1v) is 6.62. The molecule has 0 saturated heterocycles. The highest BCUT2D eigenvalue weighted by atomic mass is 16.3. The van der Waals surface area contributed by atoms with Crippen LogP contribution in [0.5, 0.6) is 0 Å². The molecule has 1 N–H and O–H groups in total. The van der Waals surface area contributed by atoms with Gasteiger partial charge in [-0.3, -0.25) is 4.68 Å². The molecule has 0 spiro atoms. The topological polar surface area (TPSA) is 68.8 Å². The van der Waals surface area contributed by atoms with E-state index in [0.29, 0.717) is 6.42 Å². The molecule has 1 unspecified atom stereocenters. The van der Waals surface area contributed by atoms with E-state index in [1.165, 1.54) is 6.33 Å². The van der Waals surface area contributed by atoms with Crippen molar-refractivity contribution in [2.45, 2.75) is 45.8 Å². The fourth-order valence-electron chi connectivity index (χ4n) is 2.16. The zero-order valence-electron chi connectivity index (χ0n) is 11.9. The van der Waals surface area contributed by atoms with E-state index in [1.807, 2.05) is 38.6 Å². The van der Waals surface area contributed by atoms with Crippen molar-refractivity contribution >= 4 is 0 Å². The van der Waals surface area contributed by atoms with Gasteiger partial charge in [-0.2, -0.15) is 10.2 Å². The Morgan fingerprint density at radius 1 is 1.37 bits per heavy atom. The van der Waals surface area contributed by atoms with E-state index in [2.05, 4.69) is 15.2 Å². The normalized spacial score (nSPS) is 13.2. The summed E-state index contributed by atoms with van der Waals surface area (Å²) in [5.74, 6) is 0.793. The van der Waals surface area contributed by atoms with Gasteiger partial charge in [0.2, 0.25) is 0 Å². The highest BCUT2D eigenvalue weighted by Crippen LogP contribution is 2.19. The van der Waals surface area contributed by atoms with E-state index < -0.39 is 6.10 Å². The van der Waals surface area contributed by atoms with Crippen LogP contribution < -0.4 is 0 Å². The van der Waals surface area contributed by atoms with Crippen LogP contribution >= 0.6 is 0 Å². The molecular weight excluding hydrogens is 242 g/mol. The van der Waals surface area contributed by atoms with Gasteiger partial charge >= 0.3 is 0 Å². The fraction of sp³-hybridized carbons (Fsp3) is 0.615. The van der Waals surface area contributed by atoms with Crippen LogP contribution in [0.1, 0.15) is 50.1 Å². The predicted molar refractivity (Wildman–Crippen MR) is 71.7 cm³/mol. The monoisotopic (exact) mass is 263 g/mol. The largest absolute Gasteiger partial charge is 0.386 e. The van der Waals surface area contributed by atoms with E-state index in [9.17, 15) is 5.11 Å². The summed E-state index contributed by atoms with van der Waals surface area (Å²) in [7, 11) is 1.85. The number of hydrogen-bond acceptors (Lipinski definition) is 4. The Bertz CT molecular complexity index is 543. The number of nitrogens with zero attached hydrogens (tertiary/aromatic N) is 5. The minimum atomic E-state index is -0.612. The van der Waals surface area contributed by atoms with Gasteiger partial charge in [0.05, 0.1) is 11.4 Å². The smallest absolute Gasteiger partial charge is 0.138 e. The van der Waals surface area contributed by atoms with Crippen molar-refractivity contribution in [1.29, 1.82) is 0 Å². The Balaban J connectivity index is 2.18. The summed E-state index contributed by atoms with van der Waals surface area (Å²) in [5.41, 5.74) is 1.80. The molecule has 0 saturated carbocycles. The number of aryl methyl sites for hydroxylation is 2. The maximum absolute atomic E-state index is 10.3. The molecular formula is C13H21N5O. The number of hydrogen-bond donors (Lipinski definition) is 1. The molecule has 0 radical (unpaired) electrons. The molecule has 2 aromatic rings. The highest BCUT2D eigenvalue weighted by Gasteiger charge is 2.18. The molecule has 104 valence electrons. The van der Waals surface area contributed by atoms with Crippen molar-refractivity contribution in [1.82, 2.24) is 24.5 Å². The summed E-state index contributed by atoms with van der Waals surface area (Å²) in [4.78, 5) is 4.22. The average Bonchev–Trinajstić information content (AvgIpc) is 2.95. The van der Waals surface area contributed by atoms with Crippen LogP contribution in [0, 0.1) is 0 Å². The zero-order valence-corrected chi connectivity index (χ0v) is 11.9. The first-order chi connectivity index (χ1) is 9.02. The van der Waals surface area contributed by atoms with Gasteiger partial charge in [0.25, 0.3) is 0 Å². The van der Waals surface area contributed by atoms with Crippen LogP contribution in [0.4, 0.5) is 0 Å². The van der Waals surface area contributed by atoms with E-state index >= 15 is 0 Å². The zero-order chi connectivity index (χ0) is 14.0. The lowest BCUT2D eigenvalue weighted by atomic mass is 10.1. The lowest BCUT2D eigenvalue weighted by Gasteiger charge is -2.13. The molecule has 0 amide bonds. The molecule has 2 heterocycles. The van der Waals surface area contributed by atoms with Gasteiger partial charge < -0.3 is 5.11 Å². The second-order valence-corrected chi connectivity index (χ2v) is 4.97.